The predicted molar refractivity (Wildman–Crippen MR) is 64.6 cm³/mol. The van der Waals surface area contributed by atoms with Crippen molar-refractivity contribution in [2.24, 2.45) is 0 Å². The fourth-order valence-corrected chi connectivity index (χ4v) is 2.81. The summed E-state index contributed by atoms with van der Waals surface area (Å²) >= 11 is 1.42. The zero-order valence-corrected chi connectivity index (χ0v) is 10.1. The summed E-state index contributed by atoms with van der Waals surface area (Å²) in [6.45, 7) is 3.07. The van der Waals surface area contributed by atoms with E-state index in [9.17, 15) is 9.90 Å². The van der Waals surface area contributed by atoms with E-state index in [2.05, 4.69) is 0 Å². The molecule has 88 valence electrons. The third-order valence-electron chi connectivity index (χ3n) is 2.85. The van der Waals surface area contributed by atoms with Crippen molar-refractivity contribution in [3.8, 4) is 0 Å². The standard InChI is InChI=1S/C11H16N2O2S/c1-7-9(12)5-10(16-7)11(15)13-4-2-3-8(14)6-13/h5,8,14H,2-4,6,12H2,1H3. The van der Waals surface area contributed by atoms with Crippen molar-refractivity contribution < 1.29 is 9.90 Å². The van der Waals surface area contributed by atoms with Crippen LogP contribution in [-0.4, -0.2) is 35.1 Å². The summed E-state index contributed by atoms with van der Waals surface area (Å²) in [5.41, 5.74) is 6.40. The van der Waals surface area contributed by atoms with Crippen LogP contribution in [0.15, 0.2) is 6.07 Å². The van der Waals surface area contributed by atoms with Crippen molar-refractivity contribution >= 4 is 22.9 Å². The number of thiophene rings is 1. The van der Waals surface area contributed by atoms with Gasteiger partial charge in [-0.05, 0) is 25.8 Å². The van der Waals surface area contributed by atoms with E-state index in [-0.39, 0.29) is 12.0 Å². The van der Waals surface area contributed by atoms with Crippen LogP contribution in [0.5, 0.6) is 0 Å². The number of likely N-dealkylation sites (tertiary alicyclic amines) is 1. The van der Waals surface area contributed by atoms with Gasteiger partial charge in [-0.3, -0.25) is 4.79 Å². The first kappa shape index (κ1) is 11.4. The smallest absolute Gasteiger partial charge is 0.264 e. The molecule has 3 N–H and O–H groups in total. The second kappa shape index (κ2) is 4.43. The summed E-state index contributed by atoms with van der Waals surface area (Å²) in [4.78, 5) is 15.4. The summed E-state index contributed by atoms with van der Waals surface area (Å²) in [6, 6.07) is 1.73. The van der Waals surface area contributed by atoms with Crippen LogP contribution in [0.2, 0.25) is 0 Å². The molecule has 1 unspecified atom stereocenters. The van der Waals surface area contributed by atoms with Crippen LogP contribution in [0.4, 0.5) is 5.69 Å². The Morgan fingerprint density at radius 1 is 1.69 bits per heavy atom. The molecule has 16 heavy (non-hydrogen) atoms. The molecule has 1 aromatic rings. The minimum absolute atomic E-state index is 0.0106. The number of nitrogens with two attached hydrogens (primary N) is 1. The fourth-order valence-electron chi connectivity index (χ4n) is 1.90. The molecule has 2 rings (SSSR count). The first-order valence-electron chi connectivity index (χ1n) is 5.41. The second-order valence-electron chi connectivity index (χ2n) is 4.17. The third kappa shape index (κ3) is 2.20. The van der Waals surface area contributed by atoms with Crippen molar-refractivity contribution in [2.45, 2.75) is 25.9 Å². The topological polar surface area (TPSA) is 66.6 Å². The molecule has 1 atom stereocenters. The van der Waals surface area contributed by atoms with Crippen LogP contribution in [0, 0.1) is 6.92 Å². The molecular formula is C11H16N2O2S. The number of aliphatic hydroxyl groups is 1. The summed E-state index contributed by atoms with van der Waals surface area (Å²) in [5, 5.41) is 9.52. The Kier molecular flexibility index (Phi) is 3.16. The molecular weight excluding hydrogens is 224 g/mol. The van der Waals surface area contributed by atoms with Gasteiger partial charge in [-0.15, -0.1) is 11.3 Å². The molecule has 1 fully saturated rings. The lowest BCUT2D eigenvalue weighted by atomic mass is 10.1. The maximum atomic E-state index is 12.1. The molecule has 0 spiro atoms. The lowest BCUT2D eigenvalue weighted by Gasteiger charge is -2.29. The highest BCUT2D eigenvalue weighted by molar-refractivity contribution is 7.14. The summed E-state index contributed by atoms with van der Waals surface area (Å²) < 4.78 is 0. The molecule has 1 amide bonds. The number of nitrogens with zero attached hydrogens (tertiary/aromatic N) is 1. The lowest BCUT2D eigenvalue weighted by molar-refractivity contribution is 0.0478. The molecule has 1 saturated heterocycles. The van der Waals surface area contributed by atoms with Gasteiger partial charge >= 0.3 is 0 Å². The zero-order valence-electron chi connectivity index (χ0n) is 9.27. The van der Waals surface area contributed by atoms with E-state index < -0.39 is 0 Å². The fraction of sp³-hybridized carbons (Fsp3) is 0.545. The summed E-state index contributed by atoms with van der Waals surface area (Å²) in [7, 11) is 0. The average molecular weight is 240 g/mol. The van der Waals surface area contributed by atoms with Crippen LogP contribution >= 0.6 is 11.3 Å². The van der Waals surface area contributed by atoms with Gasteiger partial charge in [0, 0.05) is 23.7 Å². The number of nitrogen functional groups attached to an aromatic ring is 1. The monoisotopic (exact) mass is 240 g/mol. The van der Waals surface area contributed by atoms with E-state index in [0.717, 1.165) is 24.3 Å². The maximum absolute atomic E-state index is 12.1. The van der Waals surface area contributed by atoms with Crippen molar-refractivity contribution in [1.29, 1.82) is 0 Å². The largest absolute Gasteiger partial charge is 0.398 e. The molecule has 1 aliphatic rings. The molecule has 5 heteroatoms. The first-order chi connectivity index (χ1) is 7.58. The minimum atomic E-state index is -0.379. The average Bonchev–Trinajstić information content (AvgIpc) is 2.58. The number of carbonyl (C=O) groups excluding carboxylic acids is 1. The van der Waals surface area contributed by atoms with E-state index in [1.54, 1.807) is 11.0 Å². The molecule has 4 nitrogen and oxygen atoms in total. The molecule has 1 aromatic heterocycles. The van der Waals surface area contributed by atoms with E-state index in [1.807, 2.05) is 6.92 Å². The second-order valence-corrected chi connectivity index (χ2v) is 5.43. The van der Waals surface area contributed by atoms with E-state index >= 15 is 0 Å². The number of aryl methyl sites for hydroxylation is 1. The SMILES string of the molecule is Cc1sc(C(=O)N2CCCC(O)C2)cc1N. The first-order valence-corrected chi connectivity index (χ1v) is 6.23. The predicted octanol–water partition coefficient (Wildman–Crippen LogP) is 1.24. The van der Waals surface area contributed by atoms with Gasteiger partial charge in [-0.1, -0.05) is 0 Å². The Labute approximate surface area is 98.7 Å². The highest BCUT2D eigenvalue weighted by atomic mass is 32.1. The van der Waals surface area contributed by atoms with Crippen LogP contribution < -0.4 is 5.73 Å². The number of rotatable bonds is 1. The maximum Gasteiger partial charge on any atom is 0.264 e. The molecule has 0 bridgehead atoms. The van der Waals surface area contributed by atoms with Gasteiger partial charge in [-0.2, -0.15) is 0 Å². The Bertz CT molecular complexity index is 383. The van der Waals surface area contributed by atoms with Gasteiger partial charge in [0.1, 0.15) is 0 Å². The molecule has 0 aromatic carbocycles. The molecule has 2 heterocycles. The van der Waals surface area contributed by atoms with Gasteiger partial charge in [0.25, 0.3) is 5.91 Å². The highest BCUT2D eigenvalue weighted by Crippen LogP contribution is 2.25. The number of carbonyl (C=O) groups is 1. The molecule has 0 radical (unpaired) electrons. The Balaban J connectivity index is 2.12. The zero-order chi connectivity index (χ0) is 11.7. The Hall–Kier alpha value is -1.07. The normalized spacial score (nSPS) is 21.1. The van der Waals surface area contributed by atoms with Crippen LogP contribution in [-0.2, 0) is 0 Å². The number of piperidine rings is 1. The van der Waals surface area contributed by atoms with Gasteiger partial charge in [-0.25, -0.2) is 0 Å². The Morgan fingerprint density at radius 2 is 2.44 bits per heavy atom. The van der Waals surface area contributed by atoms with E-state index in [1.165, 1.54) is 11.3 Å². The van der Waals surface area contributed by atoms with Crippen molar-refractivity contribution in [1.82, 2.24) is 4.90 Å². The third-order valence-corrected chi connectivity index (χ3v) is 3.90. The molecule has 1 aliphatic heterocycles. The van der Waals surface area contributed by atoms with Crippen molar-refractivity contribution in [2.75, 3.05) is 18.8 Å². The number of hydrogen-bond acceptors (Lipinski definition) is 4. The highest BCUT2D eigenvalue weighted by Gasteiger charge is 2.24. The number of β-amino-alcohol motifs (C(OH)–C–C–N with tert-alkyl or cyclic N) is 1. The quantitative estimate of drug-likeness (QED) is 0.776. The van der Waals surface area contributed by atoms with Crippen LogP contribution in [0.1, 0.15) is 27.4 Å². The van der Waals surface area contributed by atoms with Crippen LogP contribution in [0.25, 0.3) is 0 Å². The number of aliphatic hydroxyl groups excluding tert-OH is 1. The lowest BCUT2D eigenvalue weighted by Crippen LogP contribution is -2.41. The Morgan fingerprint density at radius 3 is 3.00 bits per heavy atom. The van der Waals surface area contributed by atoms with Crippen molar-refractivity contribution in [3.05, 3.63) is 15.8 Å². The van der Waals surface area contributed by atoms with Gasteiger partial charge in [0.2, 0.25) is 0 Å². The minimum Gasteiger partial charge on any atom is -0.398 e. The van der Waals surface area contributed by atoms with E-state index in [4.69, 9.17) is 5.73 Å². The van der Waals surface area contributed by atoms with Gasteiger partial charge in [0.15, 0.2) is 0 Å². The molecule has 0 saturated carbocycles. The summed E-state index contributed by atoms with van der Waals surface area (Å²) in [5.74, 6) is -0.0106. The van der Waals surface area contributed by atoms with Gasteiger partial charge in [0.05, 0.1) is 11.0 Å². The number of anilines is 1. The van der Waals surface area contributed by atoms with Crippen molar-refractivity contribution in [3.63, 3.8) is 0 Å². The van der Waals surface area contributed by atoms with E-state index in [0.29, 0.717) is 17.1 Å². The van der Waals surface area contributed by atoms with Gasteiger partial charge < -0.3 is 15.7 Å². The molecule has 0 aliphatic carbocycles. The van der Waals surface area contributed by atoms with Crippen LogP contribution in [0.3, 0.4) is 0 Å². The number of hydrogen-bond donors (Lipinski definition) is 2. The number of amides is 1. The summed E-state index contributed by atoms with van der Waals surface area (Å²) in [6.07, 6.45) is 1.28.